The highest BCUT2D eigenvalue weighted by Crippen LogP contribution is 2.09. The molecule has 0 aliphatic heterocycles. The first-order chi connectivity index (χ1) is 8.83. The molecule has 0 fully saturated rings. The summed E-state index contributed by atoms with van der Waals surface area (Å²) in [6.45, 7) is 9.64. The molecule has 19 heavy (non-hydrogen) atoms. The van der Waals surface area contributed by atoms with Crippen molar-refractivity contribution in [1.29, 1.82) is 0 Å². The number of nitrogens with one attached hydrogen (secondary N) is 1. The van der Waals surface area contributed by atoms with Gasteiger partial charge < -0.3 is 10.4 Å². The molecule has 0 bridgehead atoms. The van der Waals surface area contributed by atoms with E-state index in [2.05, 4.69) is 12.2 Å². The van der Waals surface area contributed by atoms with Crippen molar-refractivity contribution in [1.82, 2.24) is 10.2 Å². The third kappa shape index (κ3) is 6.57. The van der Waals surface area contributed by atoms with Crippen LogP contribution in [0.1, 0.15) is 53.9 Å². The van der Waals surface area contributed by atoms with Crippen LogP contribution >= 0.6 is 0 Å². The Kier molecular flexibility index (Phi) is 8.39. The lowest BCUT2D eigenvalue weighted by Gasteiger charge is -2.32. The monoisotopic (exact) mass is 272 g/mol. The molecule has 0 aromatic rings. The Hall–Kier alpha value is -1.10. The first-order valence-electron chi connectivity index (χ1n) is 7.11. The molecule has 5 nitrogen and oxygen atoms in total. The molecule has 3 atom stereocenters. The van der Waals surface area contributed by atoms with Crippen molar-refractivity contribution in [3.8, 4) is 0 Å². The predicted molar refractivity (Wildman–Crippen MR) is 76.1 cm³/mol. The molecule has 2 N–H and O–H groups in total. The molecule has 1 amide bonds. The summed E-state index contributed by atoms with van der Waals surface area (Å²) in [6, 6.07) is -0.229. The third-order valence-electron chi connectivity index (χ3n) is 3.46. The number of aliphatic carboxylic acids is 1. The fourth-order valence-corrected chi connectivity index (χ4v) is 2.08. The fourth-order valence-electron chi connectivity index (χ4n) is 2.08. The number of rotatable bonds is 9. The first kappa shape index (κ1) is 17.9. The predicted octanol–water partition coefficient (Wildman–Crippen LogP) is 1.86. The van der Waals surface area contributed by atoms with Crippen LogP contribution in [0.25, 0.3) is 0 Å². The second-order valence-corrected chi connectivity index (χ2v) is 5.20. The Labute approximate surface area is 116 Å². The number of amides is 1. The minimum atomic E-state index is -0.901. The average Bonchev–Trinajstić information content (AvgIpc) is 2.34. The number of carbonyl (C=O) groups is 2. The summed E-state index contributed by atoms with van der Waals surface area (Å²) in [4.78, 5) is 24.8. The summed E-state index contributed by atoms with van der Waals surface area (Å²) in [5.74, 6) is -0.996. The highest BCUT2D eigenvalue weighted by atomic mass is 16.4. The van der Waals surface area contributed by atoms with E-state index in [4.69, 9.17) is 5.11 Å². The summed E-state index contributed by atoms with van der Waals surface area (Å²) >= 11 is 0. The second-order valence-electron chi connectivity index (χ2n) is 5.20. The van der Waals surface area contributed by atoms with E-state index in [-0.39, 0.29) is 24.5 Å². The van der Waals surface area contributed by atoms with E-state index in [0.29, 0.717) is 0 Å². The Morgan fingerprint density at radius 3 is 2.21 bits per heavy atom. The van der Waals surface area contributed by atoms with Crippen LogP contribution in [0.2, 0.25) is 0 Å². The highest BCUT2D eigenvalue weighted by Gasteiger charge is 2.27. The van der Waals surface area contributed by atoms with Crippen LogP contribution in [0, 0.1) is 0 Å². The van der Waals surface area contributed by atoms with Crippen LogP contribution < -0.4 is 5.32 Å². The number of nitrogens with zero attached hydrogens (tertiary/aromatic N) is 1. The van der Waals surface area contributed by atoms with E-state index in [0.717, 1.165) is 19.3 Å². The molecule has 0 spiro atoms. The Morgan fingerprint density at radius 1 is 1.21 bits per heavy atom. The maximum absolute atomic E-state index is 12.1. The molecule has 0 aromatic carbocycles. The molecule has 0 aromatic heterocycles. The van der Waals surface area contributed by atoms with Gasteiger partial charge in [0.2, 0.25) is 5.91 Å². The third-order valence-corrected chi connectivity index (χ3v) is 3.46. The van der Waals surface area contributed by atoms with Crippen molar-refractivity contribution in [2.24, 2.45) is 0 Å². The lowest BCUT2D eigenvalue weighted by atomic mass is 10.1. The Bertz CT molecular complexity index is 294. The average molecular weight is 272 g/mol. The van der Waals surface area contributed by atoms with Gasteiger partial charge in [-0.05, 0) is 33.6 Å². The van der Waals surface area contributed by atoms with Crippen LogP contribution in [0.15, 0.2) is 0 Å². The first-order valence-corrected chi connectivity index (χ1v) is 7.11. The van der Waals surface area contributed by atoms with Gasteiger partial charge in [0.25, 0.3) is 0 Å². The molecular formula is C14H28N2O3. The summed E-state index contributed by atoms with van der Waals surface area (Å²) < 4.78 is 0. The van der Waals surface area contributed by atoms with Crippen LogP contribution in [-0.4, -0.2) is 46.6 Å². The second kappa shape index (κ2) is 8.91. The molecular weight excluding hydrogens is 244 g/mol. The van der Waals surface area contributed by atoms with E-state index < -0.39 is 12.0 Å². The topological polar surface area (TPSA) is 69.6 Å². The standard InChI is InChI=1S/C14H28N2O3/c1-6-8-10(3)15-14(19)12(5)16(9-13(17)18)11(4)7-2/h10-12H,6-9H2,1-5H3,(H,15,19)(H,17,18). The summed E-state index contributed by atoms with van der Waals surface area (Å²) in [7, 11) is 0. The summed E-state index contributed by atoms with van der Waals surface area (Å²) in [6.07, 6.45) is 2.76. The molecule has 0 aliphatic rings. The van der Waals surface area contributed by atoms with Crippen LogP contribution in [-0.2, 0) is 9.59 Å². The summed E-state index contributed by atoms with van der Waals surface area (Å²) in [5, 5.41) is 11.9. The minimum absolute atomic E-state index is 0.0679. The maximum atomic E-state index is 12.1. The van der Waals surface area contributed by atoms with Gasteiger partial charge in [-0.1, -0.05) is 20.3 Å². The largest absolute Gasteiger partial charge is 0.480 e. The molecule has 112 valence electrons. The quantitative estimate of drug-likeness (QED) is 0.672. The van der Waals surface area contributed by atoms with Crippen molar-refractivity contribution in [3.63, 3.8) is 0 Å². The molecule has 3 unspecified atom stereocenters. The molecule has 0 aliphatic carbocycles. The van der Waals surface area contributed by atoms with Gasteiger partial charge in [0.15, 0.2) is 0 Å². The van der Waals surface area contributed by atoms with Crippen LogP contribution in [0.5, 0.6) is 0 Å². The number of carboxylic acids is 1. The van der Waals surface area contributed by atoms with E-state index >= 15 is 0 Å². The van der Waals surface area contributed by atoms with E-state index in [9.17, 15) is 9.59 Å². The lowest BCUT2D eigenvalue weighted by molar-refractivity contribution is -0.140. The van der Waals surface area contributed by atoms with Gasteiger partial charge >= 0.3 is 5.97 Å². The molecule has 0 saturated heterocycles. The van der Waals surface area contributed by atoms with Crippen LogP contribution in [0.4, 0.5) is 0 Å². The number of carbonyl (C=O) groups excluding carboxylic acids is 1. The van der Waals surface area contributed by atoms with E-state index in [1.54, 1.807) is 11.8 Å². The minimum Gasteiger partial charge on any atom is -0.480 e. The van der Waals surface area contributed by atoms with Gasteiger partial charge in [-0.25, -0.2) is 0 Å². The normalized spacial score (nSPS) is 15.9. The van der Waals surface area contributed by atoms with Crippen molar-refractivity contribution < 1.29 is 14.7 Å². The molecule has 0 radical (unpaired) electrons. The number of carboxylic acid groups (broad SMARTS) is 1. The van der Waals surface area contributed by atoms with Gasteiger partial charge in [-0.15, -0.1) is 0 Å². The van der Waals surface area contributed by atoms with Crippen molar-refractivity contribution >= 4 is 11.9 Å². The van der Waals surface area contributed by atoms with Gasteiger partial charge in [0.1, 0.15) is 0 Å². The molecule has 0 rings (SSSR count). The SMILES string of the molecule is CCCC(C)NC(=O)C(C)N(CC(=O)O)C(C)CC. The molecule has 0 heterocycles. The molecule has 0 saturated carbocycles. The van der Waals surface area contributed by atoms with Gasteiger partial charge in [0.05, 0.1) is 12.6 Å². The maximum Gasteiger partial charge on any atom is 0.317 e. The smallest absolute Gasteiger partial charge is 0.317 e. The number of hydrogen-bond acceptors (Lipinski definition) is 3. The van der Waals surface area contributed by atoms with Crippen molar-refractivity contribution in [2.45, 2.75) is 72.0 Å². The zero-order valence-electron chi connectivity index (χ0n) is 12.8. The van der Waals surface area contributed by atoms with Crippen molar-refractivity contribution in [2.75, 3.05) is 6.54 Å². The Morgan fingerprint density at radius 2 is 1.79 bits per heavy atom. The van der Waals surface area contributed by atoms with Crippen LogP contribution in [0.3, 0.4) is 0 Å². The van der Waals surface area contributed by atoms with Crippen molar-refractivity contribution in [3.05, 3.63) is 0 Å². The molecule has 5 heteroatoms. The zero-order valence-corrected chi connectivity index (χ0v) is 12.8. The van der Waals surface area contributed by atoms with E-state index in [1.807, 2.05) is 20.8 Å². The lowest BCUT2D eigenvalue weighted by Crippen LogP contribution is -2.52. The Balaban J connectivity index is 4.64. The van der Waals surface area contributed by atoms with Gasteiger partial charge in [0, 0.05) is 12.1 Å². The number of hydrogen-bond donors (Lipinski definition) is 2. The fraction of sp³-hybridized carbons (Fsp3) is 0.857. The summed E-state index contributed by atoms with van der Waals surface area (Å²) in [5.41, 5.74) is 0. The van der Waals surface area contributed by atoms with Gasteiger partial charge in [-0.2, -0.15) is 0 Å². The van der Waals surface area contributed by atoms with Gasteiger partial charge in [-0.3, -0.25) is 14.5 Å². The van der Waals surface area contributed by atoms with E-state index in [1.165, 1.54) is 0 Å². The highest BCUT2D eigenvalue weighted by molar-refractivity contribution is 5.82. The zero-order chi connectivity index (χ0) is 15.0.